The van der Waals surface area contributed by atoms with Crippen molar-refractivity contribution >= 4 is 87.2 Å². The first-order valence-corrected chi connectivity index (χ1v) is 20.7. The average molecular weight is 775 g/mol. The molecule has 0 atom stereocenters. The van der Waals surface area contributed by atoms with Gasteiger partial charge in [-0.2, -0.15) is 0 Å². The van der Waals surface area contributed by atoms with E-state index in [0.717, 1.165) is 56.4 Å². The number of benzene rings is 6. The molecule has 5 heterocycles. The summed E-state index contributed by atoms with van der Waals surface area (Å²) in [6.07, 6.45) is 1.94. The molecule has 0 amide bonds. The number of hydrogen-bond acceptors (Lipinski definition) is 6. The molecule has 10 aromatic rings. The van der Waals surface area contributed by atoms with Crippen LogP contribution in [0.3, 0.4) is 0 Å². The van der Waals surface area contributed by atoms with Crippen LogP contribution in [-0.2, 0) is 5.41 Å². The maximum absolute atomic E-state index is 6.80. The number of pyridine rings is 1. The Bertz CT molecular complexity index is 3270. The molecular formula is C51H42N4O2S. The zero-order valence-electron chi connectivity index (χ0n) is 33.4. The van der Waals surface area contributed by atoms with Gasteiger partial charge >= 0.3 is 0 Å². The Balaban J connectivity index is 1.04. The van der Waals surface area contributed by atoms with Gasteiger partial charge in [0.15, 0.2) is 0 Å². The lowest BCUT2D eigenvalue weighted by Gasteiger charge is -2.25. The summed E-state index contributed by atoms with van der Waals surface area (Å²) in [5.41, 5.74) is 11.3. The van der Waals surface area contributed by atoms with Crippen molar-refractivity contribution in [2.75, 3.05) is 16.5 Å². The van der Waals surface area contributed by atoms with Crippen molar-refractivity contribution in [3.05, 3.63) is 156 Å². The molecule has 1 aliphatic rings. The fourth-order valence-corrected chi connectivity index (χ4v) is 10.3. The van der Waals surface area contributed by atoms with E-state index in [9.17, 15) is 0 Å². The largest absolute Gasteiger partial charge is 0.457 e. The van der Waals surface area contributed by atoms with Crippen molar-refractivity contribution in [3.63, 3.8) is 0 Å². The molecule has 11 rings (SSSR count). The zero-order chi connectivity index (χ0) is 39.4. The molecule has 6 aromatic carbocycles. The van der Waals surface area contributed by atoms with Crippen molar-refractivity contribution in [1.29, 1.82) is 0 Å². The van der Waals surface area contributed by atoms with Gasteiger partial charge in [-0.3, -0.25) is 9.47 Å². The molecule has 0 fully saturated rings. The number of furan rings is 1. The summed E-state index contributed by atoms with van der Waals surface area (Å²) in [6.45, 7) is 13.9. The number of fused-ring (bicyclic) bond motifs is 10. The van der Waals surface area contributed by atoms with Crippen molar-refractivity contribution in [1.82, 2.24) is 9.55 Å². The van der Waals surface area contributed by atoms with Crippen LogP contribution in [0, 0.1) is 20.8 Å². The van der Waals surface area contributed by atoms with E-state index >= 15 is 0 Å². The summed E-state index contributed by atoms with van der Waals surface area (Å²) in [5.74, 6) is 3.23. The molecule has 4 aromatic heterocycles. The Labute approximate surface area is 341 Å². The fourth-order valence-electron chi connectivity index (χ4n) is 9.17. The first-order valence-electron chi connectivity index (χ1n) is 19.9. The lowest BCUT2D eigenvalue weighted by molar-refractivity contribution is 0.483. The Morgan fingerprint density at radius 3 is 2.24 bits per heavy atom. The van der Waals surface area contributed by atoms with Crippen LogP contribution < -0.4 is 14.5 Å². The number of aromatic nitrogens is 2. The van der Waals surface area contributed by atoms with Gasteiger partial charge in [0.1, 0.15) is 35.3 Å². The quantitative estimate of drug-likeness (QED) is 0.174. The summed E-state index contributed by atoms with van der Waals surface area (Å²) in [5, 5.41) is 5.98. The van der Waals surface area contributed by atoms with Gasteiger partial charge in [0, 0.05) is 66.0 Å². The normalized spacial score (nSPS) is 13.2. The minimum atomic E-state index is -0.0343. The third-order valence-electron chi connectivity index (χ3n) is 11.7. The molecule has 0 saturated carbocycles. The summed E-state index contributed by atoms with van der Waals surface area (Å²) >= 11 is 1.84. The Hall–Kier alpha value is -6.57. The molecule has 0 N–H and O–H groups in total. The van der Waals surface area contributed by atoms with Crippen LogP contribution in [-0.4, -0.2) is 16.2 Å². The summed E-state index contributed by atoms with van der Waals surface area (Å²) < 4.78 is 18.3. The fraction of sp³-hybridized carbons (Fsp3) is 0.157. The van der Waals surface area contributed by atoms with Crippen LogP contribution in [0.5, 0.6) is 11.5 Å². The SMILES string of the molecule is Cc1cc(C)c(N2CN(c3cccc(Oc4ccc5c6ccc7sc8ccccc8c7c6n(-c6cc(C(C)(C)C)ccn6)c5c4)c3)c3oc4ccccc4c32)c(C)c1. The second-order valence-corrected chi connectivity index (χ2v) is 17.8. The van der Waals surface area contributed by atoms with E-state index in [-0.39, 0.29) is 5.41 Å². The van der Waals surface area contributed by atoms with E-state index in [1.807, 2.05) is 29.7 Å². The highest BCUT2D eigenvalue weighted by molar-refractivity contribution is 7.26. The molecule has 0 radical (unpaired) electrons. The van der Waals surface area contributed by atoms with E-state index < -0.39 is 0 Å². The van der Waals surface area contributed by atoms with E-state index in [0.29, 0.717) is 6.67 Å². The highest BCUT2D eigenvalue weighted by atomic mass is 32.1. The number of para-hydroxylation sites is 1. The molecule has 0 spiro atoms. The summed E-state index contributed by atoms with van der Waals surface area (Å²) in [4.78, 5) is 9.68. The number of nitrogens with zero attached hydrogens (tertiary/aromatic N) is 4. The number of ether oxygens (including phenoxy) is 1. The molecule has 6 nitrogen and oxygen atoms in total. The van der Waals surface area contributed by atoms with Crippen molar-refractivity contribution in [3.8, 4) is 17.3 Å². The minimum absolute atomic E-state index is 0.0343. The van der Waals surface area contributed by atoms with Crippen LogP contribution in [0.25, 0.3) is 58.8 Å². The van der Waals surface area contributed by atoms with Crippen LogP contribution >= 0.6 is 11.3 Å². The monoisotopic (exact) mass is 774 g/mol. The number of anilines is 4. The lowest BCUT2D eigenvalue weighted by Crippen LogP contribution is -2.25. The second-order valence-electron chi connectivity index (χ2n) is 16.7. The van der Waals surface area contributed by atoms with Crippen LogP contribution in [0.4, 0.5) is 22.9 Å². The third kappa shape index (κ3) is 5.33. The van der Waals surface area contributed by atoms with Gasteiger partial charge in [0.05, 0.1) is 11.0 Å². The molecule has 0 bridgehead atoms. The number of aryl methyl sites for hydroxylation is 3. The van der Waals surface area contributed by atoms with Crippen molar-refractivity contribution in [2.45, 2.75) is 47.0 Å². The predicted octanol–water partition coefficient (Wildman–Crippen LogP) is 14.6. The second kappa shape index (κ2) is 12.7. The topological polar surface area (TPSA) is 46.7 Å². The van der Waals surface area contributed by atoms with Crippen LogP contribution in [0.1, 0.15) is 43.0 Å². The van der Waals surface area contributed by atoms with Gasteiger partial charge in [-0.25, -0.2) is 4.98 Å². The van der Waals surface area contributed by atoms with E-state index in [4.69, 9.17) is 14.1 Å². The smallest absolute Gasteiger partial charge is 0.226 e. The first-order chi connectivity index (χ1) is 28.1. The molecule has 0 unspecified atom stereocenters. The van der Waals surface area contributed by atoms with Gasteiger partial charge in [0.25, 0.3) is 0 Å². The van der Waals surface area contributed by atoms with Crippen molar-refractivity contribution in [2.24, 2.45) is 0 Å². The van der Waals surface area contributed by atoms with E-state index in [2.05, 4.69) is 171 Å². The Kier molecular flexibility index (Phi) is 7.60. The minimum Gasteiger partial charge on any atom is -0.457 e. The van der Waals surface area contributed by atoms with E-state index in [1.54, 1.807) is 0 Å². The van der Waals surface area contributed by atoms with Gasteiger partial charge < -0.3 is 14.1 Å². The highest BCUT2D eigenvalue weighted by Crippen LogP contribution is 2.52. The number of thiophene rings is 1. The predicted molar refractivity (Wildman–Crippen MR) is 243 cm³/mol. The van der Waals surface area contributed by atoms with Crippen molar-refractivity contribution < 1.29 is 9.15 Å². The standard InChI is InChI=1S/C51H42N4O2S/c1-30-24-31(2)47(32(3)25-30)54-29-53(50-49(54)39-14-7-9-16-42(39)57-50)34-12-11-13-35(27-34)56-36-18-19-37-38-20-21-44-46(40-15-8-10-17-43(40)58-44)48(38)55(41(37)28-36)45-26-33(22-23-52-45)51(4,5)6/h7-28H,29H2,1-6H3. The van der Waals surface area contributed by atoms with Crippen LogP contribution in [0.2, 0.25) is 0 Å². The molecule has 7 heteroatoms. The molecule has 284 valence electrons. The average Bonchev–Trinajstić information content (AvgIpc) is 3.96. The van der Waals surface area contributed by atoms with Crippen LogP contribution in [0.15, 0.2) is 138 Å². The Morgan fingerprint density at radius 2 is 1.41 bits per heavy atom. The Morgan fingerprint density at radius 1 is 0.655 bits per heavy atom. The van der Waals surface area contributed by atoms with Gasteiger partial charge in [-0.05, 0) is 104 Å². The van der Waals surface area contributed by atoms with E-state index in [1.165, 1.54) is 59.0 Å². The molecule has 0 saturated heterocycles. The molecule has 1 aliphatic heterocycles. The summed E-state index contributed by atoms with van der Waals surface area (Å²) in [7, 11) is 0. The number of hydrogen-bond donors (Lipinski definition) is 0. The first kappa shape index (κ1) is 34.7. The molecule has 58 heavy (non-hydrogen) atoms. The summed E-state index contributed by atoms with van der Waals surface area (Å²) in [6, 6.07) is 45.3. The third-order valence-corrected chi connectivity index (χ3v) is 12.8. The maximum Gasteiger partial charge on any atom is 0.226 e. The van der Waals surface area contributed by atoms with Gasteiger partial charge in [0.2, 0.25) is 5.88 Å². The van der Waals surface area contributed by atoms with Gasteiger partial charge in [-0.15, -0.1) is 11.3 Å². The maximum atomic E-state index is 6.80. The number of rotatable bonds is 5. The van der Waals surface area contributed by atoms with Gasteiger partial charge in [-0.1, -0.05) is 80.9 Å². The molecular weight excluding hydrogens is 733 g/mol. The molecule has 0 aliphatic carbocycles. The highest BCUT2D eigenvalue weighted by Gasteiger charge is 2.35. The zero-order valence-corrected chi connectivity index (χ0v) is 34.2. The lowest BCUT2D eigenvalue weighted by atomic mass is 9.88.